The number of nitrogens with zero attached hydrogens (tertiary/aromatic N) is 1. The first-order valence-electron chi connectivity index (χ1n) is 7.67. The monoisotopic (exact) mass is 290 g/mol. The van der Waals surface area contributed by atoms with Crippen molar-refractivity contribution in [3.05, 3.63) is 29.3 Å². The molecule has 0 aromatic heterocycles. The van der Waals surface area contributed by atoms with Gasteiger partial charge >= 0.3 is 0 Å². The van der Waals surface area contributed by atoms with Gasteiger partial charge in [0.05, 0.1) is 7.11 Å². The molecule has 1 unspecified atom stereocenters. The van der Waals surface area contributed by atoms with Gasteiger partial charge in [0, 0.05) is 24.2 Å². The van der Waals surface area contributed by atoms with Crippen molar-refractivity contribution in [1.82, 2.24) is 10.2 Å². The van der Waals surface area contributed by atoms with Gasteiger partial charge in [-0.3, -0.25) is 4.79 Å². The van der Waals surface area contributed by atoms with E-state index in [1.165, 1.54) is 12.8 Å². The predicted octanol–water partition coefficient (Wildman–Crippen LogP) is 2.33. The van der Waals surface area contributed by atoms with Gasteiger partial charge in [-0.2, -0.15) is 0 Å². The Morgan fingerprint density at radius 1 is 1.48 bits per heavy atom. The third kappa shape index (κ3) is 4.55. The molecule has 1 aromatic rings. The van der Waals surface area contributed by atoms with E-state index in [2.05, 4.69) is 17.3 Å². The highest BCUT2D eigenvalue weighted by molar-refractivity contribution is 5.94. The molecule has 21 heavy (non-hydrogen) atoms. The van der Waals surface area contributed by atoms with E-state index in [0.29, 0.717) is 5.92 Å². The molecule has 116 valence electrons. The van der Waals surface area contributed by atoms with Crippen LogP contribution in [0.4, 0.5) is 0 Å². The maximum absolute atomic E-state index is 11.5. The number of carbonyl (C=O) groups is 1. The summed E-state index contributed by atoms with van der Waals surface area (Å²) in [6, 6.07) is 5.68. The molecule has 1 aliphatic heterocycles. The molecule has 0 saturated carbocycles. The van der Waals surface area contributed by atoms with Gasteiger partial charge in [-0.25, -0.2) is 0 Å². The Morgan fingerprint density at radius 2 is 2.29 bits per heavy atom. The Hall–Kier alpha value is -1.39. The number of Topliss-reactive ketones (excluding diaryl/α,β-unsaturated/α-hetero) is 1. The first-order valence-corrected chi connectivity index (χ1v) is 7.67. The van der Waals surface area contributed by atoms with E-state index in [-0.39, 0.29) is 5.78 Å². The number of ether oxygens (including phenoxy) is 1. The van der Waals surface area contributed by atoms with Gasteiger partial charge in [-0.05, 0) is 64.0 Å². The molecule has 1 aromatic carbocycles. The van der Waals surface area contributed by atoms with Gasteiger partial charge in [0.1, 0.15) is 5.75 Å². The number of hydrogen-bond donors (Lipinski definition) is 1. The van der Waals surface area contributed by atoms with Crippen molar-refractivity contribution in [2.75, 3.05) is 33.8 Å². The van der Waals surface area contributed by atoms with Crippen molar-refractivity contribution in [2.45, 2.75) is 26.3 Å². The smallest absolute Gasteiger partial charge is 0.159 e. The molecule has 0 spiro atoms. The second-order valence-electron chi connectivity index (χ2n) is 5.99. The lowest BCUT2D eigenvalue weighted by Gasteiger charge is -2.28. The molecular weight excluding hydrogens is 264 g/mol. The van der Waals surface area contributed by atoms with Crippen molar-refractivity contribution in [3.8, 4) is 5.75 Å². The van der Waals surface area contributed by atoms with Crippen LogP contribution in [0.25, 0.3) is 0 Å². The Morgan fingerprint density at radius 3 is 2.90 bits per heavy atom. The minimum absolute atomic E-state index is 0.0954. The maximum Gasteiger partial charge on any atom is 0.159 e. The summed E-state index contributed by atoms with van der Waals surface area (Å²) in [6.07, 6.45) is 2.56. The molecule has 0 bridgehead atoms. The van der Waals surface area contributed by atoms with Crippen LogP contribution in [0.1, 0.15) is 35.7 Å². The number of methoxy groups -OCH3 is 1. The number of nitrogens with one attached hydrogen (secondary N) is 1. The van der Waals surface area contributed by atoms with Crippen LogP contribution in [-0.4, -0.2) is 44.5 Å². The van der Waals surface area contributed by atoms with E-state index >= 15 is 0 Å². The average Bonchev–Trinajstić information content (AvgIpc) is 2.48. The van der Waals surface area contributed by atoms with Crippen molar-refractivity contribution in [1.29, 1.82) is 0 Å². The zero-order chi connectivity index (χ0) is 15.2. The largest absolute Gasteiger partial charge is 0.496 e. The van der Waals surface area contributed by atoms with Gasteiger partial charge in [0.15, 0.2) is 5.78 Å². The minimum Gasteiger partial charge on any atom is -0.496 e. The molecule has 0 radical (unpaired) electrons. The Bertz CT molecular complexity index is 482. The average molecular weight is 290 g/mol. The van der Waals surface area contributed by atoms with E-state index in [4.69, 9.17) is 4.74 Å². The molecule has 2 rings (SSSR count). The van der Waals surface area contributed by atoms with E-state index in [1.54, 1.807) is 14.0 Å². The maximum atomic E-state index is 11.5. The molecule has 1 N–H and O–H groups in total. The molecule has 1 fully saturated rings. The third-order valence-corrected chi connectivity index (χ3v) is 4.10. The van der Waals surface area contributed by atoms with E-state index in [9.17, 15) is 4.79 Å². The summed E-state index contributed by atoms with van der Waals surface area (Å²) in [5, 5.41) is 3.45. The number of ketones is 1. The summed E-state index contributed by atoms with van der Waals surface area (Å²) in [7, 11) is 3.81. The quantitative estimate of drug-likeness (QED) is 0.817. The molecule has 1 aliphatic rings. The minimum atomic E-state index is 0.0954. The van der Waals surface area contributed by atoms with Crippen LogP contribution in [0, 0.1) is 5.92 Å². The molecule has 1 saturated heterocycles. The lowest BCUT2D eigenvalue weighted by Crippen LogP contribution is -2.36. The second-order valence-corrected chi connectivity index (χ2v) is 5.99. The van der Waals surface area contributed by atoms with Gasteiger partial charge in [-0.15, -0.1) is 0 Å². The van der Waals surface area contributed by atoms with Crippen LogP contribution in [0.3, 0.4) is 0 Å². The Kier molecular flexibility index (Phi) is 5.76. The number of benzene rings is 1. The number of piperidine rings is 1. The summed E-state index contributed by atoms with van der Waals surface area (Å²) >= 11 is 0. The molecule has 4 nitrogen and oxygen atoms in total. The lowest BCUT2D eigenvalue weighted by molar-refractivity contribution is 0.101. The summed E-state index contributed by atoms with van der Waals surface area (Å²) in [5.41, 5.74) is 1.83. The number of rotatable bonds is 6. The number of carbonyl (C=O) groups excluding carboxylic acids is 1. The van der Waals surface area contributed by atoms with Crippen molar-refractivity contribution in [3.63, 3.8) is 0 Å². The summed E-state index contributed by atoms with van der Waals surface area (Å²) in [5.74, 6) is 1.66. The van der Waals surface area contributed by atoms with Crippen molar-refractivity contribution in [2.24, 2.45) is 5.92 Å². The predicted molar refractivity (Wildman–Crippen MR) is 84.9 cm³/mol. The molecule has 0 aliphatic carbocycles. The van der Waals surface area contributed by atoms with Gasteiger partial charge in [-0.1, -0.05) is 0 Å². The topological polar surface area (TPSA) is 41.6 Å². The van der Waals surface area contributed by atoms with E-state index < -0.39 is 0 Å². The fourth-order valence-corrected chi connectivity index (χ4v) is 3.00. The zero-order valence-electron chi connectivity index (χ0n) is 13.3. The normalized spacial score (nSPS) is 18.8. The summed E-state index contributed by atoms with van der Waals surface area (Å²) in [6.45, 7) is 5.73. The van der Waals surface area contributed by atoms with Crippen LogP contribution in [0.2, 0.25) is 0 Å². The highest BCUT2D eigenvalue weighted by Gasteiger charge is 2.16. The molecule has 1 atom stereocenters. The third-order valence-electron chi connectivity index (χ3n) is 4.10. The van der Waals surface area contributed by atoms with Crippen LogP contribution >= 0.6 is 0 Å². The van der Waals surface area contributed by atoms with Gasteiger partial charge in [0.25, 0.3) is 0 Å². The SMILES string of the molecule is COc1ccc(C(C)=O)cc1CN(C)CC1CCCNC1. The highest BCUT2D eigenvalue weighted by atomic mass is 16.5. The van der Waals surface area contributed by atoms with Crippen molar-refractivity contribution >= 4 is 5.78 Å². The molecule has 1 heterocycles. The van der Waals surface area contributed by atoms with Crippen molar-refractivity contribution < 1.29 is 9.53 Å². The van der Waals surface area contributed by atoms with Crippen LogP contribution in [0.15, 0.2) is 18.2 Å². The zero-order valence-corrected chi connectivity index (χ0v) is 13.3. The summed E-state index contributed by atoms with van der Waals surface area (Å²) < 4.78 is 5.42. The second kappa shape index (κ2) is 7.57. The van der Waals surface area contributed by atoms with Crippen LogP contribution < -0.4 is 10.1 Å². The van der Waals surface area contributed by atoms with E-state index in [0.717, 1.165) is 43.1 Å². The fraction of sp³-hybridized carbons (Fsp3) is 0.588. The standard InChI is InChI=1S/C17H26N2O2/c1-13(20)15-6-7-17(21-3)16(9-15)12-19(2)11-14-5-4-8-18-10-14/h6-7,9,14,18H,4-5,8,10-12H2,1-3H3. The Balaban J connectivity index is 2.02. The molecule has 4 heteroatoms. The number of hydrogen-bond acceptors (Lipinski definition) is 4. The lowest BCUT2D eigenvalue weighted by atomic mass is 9.99. The van der Waals surface area contributed by atoms with Gasteiger partial charge < -0.3 is 15.0 Å². The Labute approximate surface area is 127 Å². The van der Waals surface area contributed by atoms with Crippen LogP contribution in [0.5, 0.6) is 5.75 Å². The van der Waals surface area contributed by atoms with Crippen LogP contribution in [-0.2, 0) is 6.54 Å². The van der Waals surface area contributed by atoms with E-state index in [1.807, 2.05) is 18.2 Å². The highest BCUT2D eigenvalue weighted by Crippen LogP contribution is 2.22. The molecule has 0 amide bonds. The fourth-order valence-electron chi connectivity index (χ4n) is 3.00. The first kappa shape index (κ1) is 16.0. The summed E-state index contributed by atoms with van der Waals surface area (Å²) in [4.78, 5) is 13.9. The first-order chi connectivity index (χ1) is 10.1. The van der Waals surface area contributed by atoms with Gasteiger partial charge in [0.2, 0.25) is 0 Å². The molecular formula is C17H26N2O2.